The number of halogens is 1. The predicted octanol–water partition coefficient (Wildman–Crippen LogP) is 3.51. The van der Waals surface area contributed by atoms with E-state index in [1.54, 1.807) is 0 Å². The molecule has 2 N–H and O–H groups in total. The van der Waals surface area contributed by atoms with Crippen LogP contribution in [0.15, 0.2) is 28.7 Å². The van der Waals surface area contributed by atoms with Gasteiger partial charge in [-0.2, -0.15) is 0 Å². The van der Waals surface area contributed by atoms with Crippen LogP contribution in [0.3, 0.4) is 0 Å². The van der Waals surface area contributed by atoms with Gasteiger partial charge in [0.25, 0.3) is 0 Å². The lowest BCUT2D eigenvalue weighted by atomic mass is 9.66. The van der Waals surface area contributed by atoms with Crippen LogP contribution < -0.4 is 5.73 Å². The second-order valence-electron chi connectivity index (χ2n) is 4.69. The molecule has 2 heteroatoms. The molecule has 82 valence electrons. The van der Waals surface area contributed by atoms with Gasteiger partial charge in [0, 0.05) is 4.47 Å². The zero-order valence-corrected chi connectivity index (χ0v) is 10.6. The first-order chi connectivity index (χ1) is 7.24. The fourth-order valence-corrected chi connectivity index (χ4v) is 2.78. The summed E-state index contributed by atoms with van der Waals surface area (Å²) in [6, 6.07) is 8.59. The molecular weight excluding hydrogens is 250 g/mol. The summed E-state index contributed by atoms with van der Waals surface area (Å²) in [5.41, 5.74) is 7.75. The number of nitrogens with two attached hydrogens (primary N) is 1. The predicted molar refractivity (Wildman–Crippen MR) is 67.8 cm³/mol. The molecule has 1 saturated carbocycles. The molecule has 0 saturated heterocycles. The Bertz CT molecular complexity index is 326. The lowest BCUT2D eigenvalue weighted by Crippen LogP contribution is -2.37. The van der Waals surface area contributed by atoms with Crippen LogP contribution in [0.1, 0.15) is 31.2 Å². The van der Waals surface area contributed by atoms with E-state index in [0.717, 1.165) is 13.0 Å². The third kappa shape index (κ3) is 2.61. The first-order valence-electron chi connectivity index (χ1n) is 5.69. The Morgan fingerprint density at radius 3 is 2.67 bits per heavy atom. The summed E-state index contributed by atoms with van der Waals surface area (Å²) in [6.45, 7) is 0.862. The Balaban J connectivity index is 1.92. The Labute approximate surface area is 100 Å². The van der Waals surface area contributed by atoms with Gasteiger partial charge in [0.05, 0.1) is 0 Å². The van der Waals surface area contributed by atoms with Crippen molar-refractivity contribution in [2.24, 2.45) is 11.1 Å². The summed E-state index contributed by atoms with van der Waals surface area (Å²) < 4.78 is 1.18. The Hall–Kier alpha value is -0.340. The van der Waals surface area contributed by atoms with Gasteiger partial charge in [-0.15, -0.1) is 0 Å². The smallest absolute Gasteiger partial charge is 0.0177 e. The minimum atomic E-state index is 0.475. The van der Waals surface area contributed by atoms with Crippen molar-refractivity contribution in [1.29, 1.82) is 0 Å². The molecular formula is C13H18BrN. The number of benzene rings is 1. The van der Waals surface area contributed by atoms with Gasteiger partial charge in [0.1, 0.15) is 0 Å². The first kappa shape index (κ1) is 11.2. The molecule has 1 aromatic rings. The van der Waals surface area contributed by atoms with Gasteiger partial charge >= 0.3 is 0 Å². The topological polar surface area (TPSA) is 26.0 Å². The van der Waals surface area contributed by atoms with E-state index >= 15 is 0 Å². The van der Waals surface area contributed by atoms with Crippen molar-refractivity contribution in [3.05, 3.63) is 34.3 Å². The molecule has 0 radical (unpaired) electrons. The van der Waals surface area contributed by atoms with Crippen molar-refractivity contribution >= 4 is 15.9 Å². The minimum Gasteiger partial charge on any atom is -0.330 e. The summed E-state index contributed by atoms with van der Waals surface area (Å²) in [5.74, 6) is 0. The van der Waals surface area contributed by atoms with Gasteiger partial charge in [-0.1, -0.05) is 34.5 Å². The maximum absolute atomic E-state index is 5.85. The summed E-state index contributed by atoms with van der Waals surface area (Å²) in [5, 5.41) is 0. The van der Waals surface area contributed by atoms with Gasteiger partial charge < -0.3 is 5.73 Å². The molecule has 1 nitrogen and oxygen atoms in total. The SMILES string of the molecule is NCC1(CCc2cccc(Br)c2)CCC1. The fraction of sp³-hybridized carbons (Fsp3) is 0.538. The van der Waals surface area contributed by atoms with Crippen LogP contribution in [0.25, 0.3) is 0 Å². The molecule has 0 spiro atoms. The van der Waals surface area contributed by atoms with E-state index in [1.807, 2.05) is 0 Å². The summed E-state index contributed by atoms with van der Waals surface area (Å²) in [6.07, 6.45) is 6.45. The van der Waals surface area contributed by atoms with E-state index in [1.165, 1.54) is 35.7 Å². The van der Waals surface area contributed by atoms with Crippen LogP contribution in [0, 0.1) is 5.41 Å². The fourth-order valence-electron chi connectivity index (χ4n) is 2.33. The van der Waals surface area contributed by atoms with Crippen LogP contribution in [0.4, 0.5) is 0 Å². The average Bonchev–Trinajstić information content (AvgIpc) is 2.17. The molecule has 0 bridgehead atoms. The Kier molecular flexibility index (Phi) is 3.47. The first-order valence-corrected chi connectivity index (χ1v) is 6.48. The van der Waals surface area contributed by atoms with Gasteiger partial charge in [-0.25, -0.2) is 0 Å². The number of rotatable bonds is 4. The van der Waals surface area contributed by atoms with Gasteiger partial charge in [0.2, 0.25) is 0 Å². The van der Waals surface area contributed by atoms with E-state index in [4.69, 9.17) is 5.73 Å². The molecule has 0 amide bonds. The third-order valence-corrected chi connectivity index (χ3v) is 4.17. The third-order valence-electron chi connectivity index (χ3n) is 3.68. The maximum Gasteiger partial charge on any atom is 0.0177 e. The summed E-state index contributed by atoms with van der Waals surface area (Å²) >= 11 is 3.51. The summed E-state index contributed by atoms with van der Waals surface area (Å²) in [7, 11) is 0. The quantitative estimate of drug-likeness (QED) is 0.888. The second-order valence-corrected chi connectivity index (χ2v) is 5.60. The monoisotopic (exact) mass is 267 g/mol. The molecule has 2 rings (SSSR count). The largest absolute Gasteiger partial charge is 0.330 e. The molecule has 0 atom stereocenters. The molecule has 0 aliphatic heterocycles. The van der Waals surface area contributed by atoms with Crippen molar-refractivity contribution in [2.75, 3.05) is 6.54 Å². The van der Waals surface area contributed by atoms with Crippen molar-refractivity contribution in [2.45, 2.75) is 32.1 Å². The highest BCUT2D eigenvalue weighted by Gasteiger charge is 2.34. The van der Waals surface area contributed by atoms with Gasteiger partial charge in [0.15, 0.2) is 0 Å². The van der Waals surface area contributed by atoms with Crippen LogP contribution in [0.5, 0.6) is 0 Å². The van der Waals surface area contributed by atoms with Crippen LogP contribution in [-0.4, -0.2) is 6.54 Å². The van der Waals surface area contributed by atoms with Crippen LogP contribution in [-0.2, 0) is 6.42 Å². The highest BCUT2D eigenvalue weighted by Crippen LogP contribution is 2.43. The molecule has 1 aliphatic rings. The highest BCUT2D eigenvalue weighted by atomic mass is 79.9. The lowest BCUT2D eigenvalue weighted by Gasteiger charge is -2.41. The zero-order valence-electron chi connectivity index (χ0n) is 9.01. The van der Waals surface area contributed by atoms with Gasteiger partial charge in [-0.3, -0.25) is 0 Å². The van der Waals surface area contributed by atoms with E-state index in [0.29, 0.717) is 5.41 Å². The average molecular weight is 268 g/mol. The van der Waals surface area contributed by atoms with E-state index in [9.17, 15) is 0 Å². The second kappa shape index (κ2) is 4.67. The standard InChI is InChI=1S/C13H18BrN/c14-12-4-1-3-11(9-12)5-8-13(10-15)6-2-7-13/h1,3-4,9H,2,5-8,10,15H2. The Morgan fingerprint density at radius 1 is 1.33 bits per heavy atom. The van der Waals surface area contributed by atoms with Crippen LogP contribution in [0.2, 0.25) is 0 Å². The number of hydrogen-bond acceptors (Lipinski definition) is 1. The minimum absolute atomic E-state index is 0.475. The van der Waals surface area contributed by atoms with Gasteiger partial charge in [-0.05, 0) is 55.3 Å². The molecule has 0 aromatic heterocycles. The Morgan fingerprint density at radius 2 is 2.13 bits per heavy atom. The van der Waals surface area contributed by atoms with Crippen molar-refractivity contribution in [3.8, 4) is 0 Å². The maximum atomic E-state index is 5.85. The highest BCUT2D eigenvalue weighted by molar-refractivity contribution is 9.10. The van der Waals surface area contributed by atoms with Crippen molar-refractivity contribution < 1.29 is 0 Å². The number of aryl methyl sites for hydroxylation is 1. The summed E-state index contributed by atoms with van der Waals surface area (Å²) in [4.78, 5) is 0. The molecule has 15 heavy (non-hydrogen) atoms. The molecule has 1 aromatic carbocycles. The zero-order chi connectivity index (χ0) is 10.7. The normalized spacial score (nSPS) is 18.5. The molecule has 1 fully saturated rings. The van der Waals surface area contributed by atoms with Crippen molar-refractivity contribution in [1.82, 2.24) is 0 Å². The van der Waals surface area contributed by atoms with E-state index in [-0.39, 0.29) is 0 Å². The van der Waals surface area contributed by atoms with Crippen LogP contribution >= 0.6 is 15.9 Å². The number of hydrogen-bond donors (Lipinski definition) is 1. The van der Waals surface area contributed by atoms with E-state index < -0.39 is 0 Å². The lowest BCUT2D eigenvalue weighted by molar-refractivity contribution is 0.131. The molecule has 0 heterocycles. The molecule has 0 unspecified atom stereocenters. The van der Waals surface area contributed by atoms with E-state index in [2.05, 4.69) is 40.2 Å². The van der Waals surface area contributed by atoms with Crippen molar-refractivity contribution in [3.63, 3.8) is 0 Å². The molecule has 1 aliphatic carbocycles.